The molecule has 0 aliphatic carbocycles. The van der Waals surface area contributed by atoms with Crippen LogP contribution in [0.5, 0.6) is 5.75 Å². The fourth-order valence-corrected chi connectivity index (χ4v) is 2.47. The van der Waals surface area contributed by atoms with Gasteiger partial charge in [-0.3, -0.25) is 0 Å². The molecule has 0 spiro atoms. The lowest BCUT2D eigenvalue weighted by Crippen LogP contribution is -2.10. The summed E-state index contributed by atoms with van der Waals surface area (Å²) in [5.41, 5.74) is 3.69. The average molecular weight is 286 g/mol. The van der Waals surface area contributed by atoms with Gasteiger partial charge in [0, 0.05) is 24.7 Å². The van der Waals surface area contributed by atoms with Crippen LogP contribution in [-0.4, -0.2) is 5.11 Å². The number of nitrogens with one attached hydrogen (secondary N) is 2. The van der Waals surface area contributed by atoms with E-state index in [-0.39, 0.29) is 5.75 Å². The van der Waals surface area contributed by atoms with Crippen LogP contribution in [0.4, 0.5) is 11.4 Å². The lowest BCUT2D eigenvalue weighted by Gasteiger charge is -2.09. The summed E-state index contributed by atoms with van der Waals surface area (Å²) in [5, 5.41) is 14.5. The molecule has 3 nitrogen and oxygen atoms in total. The molecular formula is C16H14ClN2O+. The zero-order valence-electron chi connectivity index (χ0n) is 10.9. The number of phenols is 1. The molecule has 0 fully saturated rings. The third-order valence-electron chi connectivity index (χ3n) is 3.11. The number of halogens is 1. The summed E-state index contributed by atoms with van der Waals surface area (Å²) in [4.78, 5) is 3.27. The first-order chi connectivity index (χ1) is 9.63. The lowest BCUT2D eigenvalue weighted by atomic mass is 10.1. The van der Waals surface area contributed by atoms with Gasteiger partial charge in [-0.1, -0.05) is 23.7 Å². The average Bonchev–Trinajstić information content (AvgIpc) is 2.40. The molecule has 0 amide bonds. The van der Waals surface area contributed by atoms with E-state index in [9.17, 15) is 5.11 Å². The molecule has 3 aromatic rings. The van der Waals surface area contributed by atoms with Crippen LogP contribution < -0.4 is 10.3 Å². The van der Waals surface area contributed by atoms with E-state index in [4.69, 9.17) is 11.6 Å². The Kier molecular flexibility index (Phi) is 3.20. The van der Waals surface area contributed by atoms with Crippen LogP contribution in [0.15, 0.2) is 48.5 Å². The molecule has 3 rings (SSSR count). The molecule has 4 heteroatoms. The molecule has 20 heavy (non-hydrogen) atoms. The lowest BCUT2D eigenvalue weighted by molar-refractivity contribution is -0.354. The van der Waals surface area contributed by atoms with Crippen molar-refractivity contribution in [2.24, 2.45) is 0 Å². The van der Waals surface area contributed by atoms with Crippen molar-refractivity contribution in [3.63, 3.8) is 0 Å². The highest BCUT2D eigenvalue weighted by molar-refractivity contribution is 6.35. The summed E-state index contributed by atoms with van der Waals surface area (Å²) in [7, 11) is 0. The molecule has 1 heterocycles. The number of pyridine rings is 1. The van der Waals surface area contributed by atoms with E-state index in [0.717, 1.165) is 28.0 Å². The van der Waals surface area contributed by atoms with Gasteiger partial charge >= 0.3 is 0 Å². The smallest absolute Gasteiger partial charge is 0.231 e. The van der Waals surface area contributed by atoms with Crippen molar-refractivity contribution < 1.29 is 10.1 Å². The maximum absolute atomic E-state index is 9.54. The highest BCUT2D eigenvalue weighted by Gasteiger charge is 2.12. The van der Waals surface area contributed by atoms with Gasteiger partial charge in [-0.05, 0) is 24.3 Å². The summed E-state index contributed by atoms with van der Waals surface area (Å²) in [6.45, 7) is 1.98. The number of benzene rings is 2. The molecule has 3 N–H and O–H groups in total. The minimum atomic E-state index is 0.233. The molecule has 0 saturated heterocycles. The number of aryl methyl sites for hydroxylation is 1. The fraction of sp³-hybridized carbons (Fsp3) is 0.0625. The molecule has 0 radical (unpaired) electrons. The molecular weight excluding hydrogens is 272 g/mol. The van der Waals surface area contributed by atoms with E-state index in [0.29, 0.717) is 5.02 Å². The largest absolute Gasteiger partial charge is 0.508 e. The number of phenolic OH excluding ortho intramolecular Hbond substituents is 1. The van der Waals surface area contributed by atoms with E-state index in [1.165, 1.54) is 0 Å². The summed E-state index contributed by atoms with van der Waals surface area (Å²) in [5.74, 6) is 0.233. The molecule has 100 valence electrons. The predicted molar refractivity (Wildman–Crippen MR) is 81.6 cm³/mol. The van der Waals surface area contributed by atoms with Crippen molar-refractivity contribution in [2.75, 3.05) is 5.32 Å². The molecule has 0 saturated carbocycles. The normalized spacial score (nSPS) is 10.7. The first-order valence-electron chi connectivity index (χ1n) is 6.31. The number of fused-ring (bicyclic) bond motifs is 1. The van der Waals surface area contributed by atoms with Crippen molar-refractivity contribution >= 4 is 33.9 Å². The van der Waals surface area contributed by atoms with E-state index >= 15 is 0 Å². The standard InChI is InChI=1S/C16H13ClN2O/c1-10-8-15(19-11-4-2-5-12(20)9-11)13-6-3-7-14(17)16(13)18-10/h2-9,20H,1H3,(H,18,19)/p+1. The van der Waals surface area contributed by atoms with E-state index in [1.807, 2.05) is 37.3 Å². The zero-order valence-corrected chi connectivity index (χ0v) is 11.7. The molecule has 0 aliphatic heterocycles. The minimum Gasteiger partial charge on any atom is -0.508 e. The van der Waals surface area contributed by atoms with Gasteiger partial charge in [-0.2, -0.15) is 0 Å². The number of anilines is 2. The number of hydrogen-bond donors (Lipinski definition) is 2. The maximum atomic E-state index is 9.54. The SMILES string of the molecule is Cc1cc(Nc2cccc(O)c2)c2cccc(Cl)c2[nH+]1. The maximum Gasteiger partial charge on any atom is 0.231 e. The van der Waals surface area contributed by atoms with Gasteiger partial charge in [-0.15, -0.1) is 0 Å². The second kappa shape index (κ2) is 5.02. The number of hydrogen-bond acceptors (Lipinski definition) is 2. The Morgan fingerprint density at radius 3 is 2.70 bits per heavy atom. The van der Waals surface area contributed by atoms with Gasteiger partial charge in [0.05, 0.1) is 11.1 Å². The summed E-state index contributed by atoms with van der Waals surface area (Å²) in [6.07, 6.45) is 0. The second-order valence-electron chi connectivity index (χ2n) is 4.70. The number of para-hydroxylation sites is 1. The van der Waals surface area contributed by atoms with Crippen LogP contribution in [0.25, 0.3) is 10.9 Å². The highest BCUT2D eigenvalue weighted by Crippen LogP contribution is 2.29. The molecule has 2 aromatic carbocycles. The van der Waals surface area contributed by atoms with Crippen molar-refractivity contribution in [3.05, 3.63) is 59.2 Å². The third-order valence-corrected chi connectivity index (χ3v) is 3.43. The topological polar surface area (TPSA) is 46.4 Å². The molecule has 0 atom stereocenters. The van der Waals surface area contributed by atoms with Crippen LogP contribution in [0.2, 0.25) is 5.02 Å². The number of aromatic nitrogens is 1. The van der Waals surface area contributed by atoms with Crippen LogP contribution in [-0.2, 0) is 0 Å². The van der Waals surface area contributed by atoms with E-state index in [1.54, 1.807) is 18.2 Å². The molecule has 0 aliphatic rings. The van der Waals surface area contributed by atoms with Crippen molar-refractivity contribution in [1.82, 2.24) is 0 Å². The highest BCUT2D eigenvalue weighted by atomic mass is 35.5. The minimum absolute atomic E-state index is 0.233. The fourth-order valence-electron chi connectivity index (χ4n) is 2.25. The first kappa shape index (κ1) is 12.8. The van der Waals surface area contributed by atoms with Crippen LogP contribution in [0, 0.1) is 6.92 Å². The van der Waals surface area contributed by atoms with Gasteiger partial charge in [-0.25, -0.2) is 4.98 Å². The zero-order chi connectivity index (χ0) is 14.1. The van der Waals surface area contributed by atoms with Crippen LogP contribution >= 0.6 is 11.6 Å². The number of aromatic hydroxyl groups is 1. The Labute approximate surface area is 121 Å². The molecule has 1 aromatic heterocycles. The number of aromatic amines is 1. The number of H-pyrrole nitrogens is 1. The Bertz CT molecular complexity index is 787. The van der Waals surface area contributed by atoms with Crippen LogP contribution in [0.1, 0.15) is 5.69 Å². The van der Waals surface area contributed by atoms with E-state index in [2.05, 4.69) is 10.3 Å². The predicted octanol–water partition coefficient (Wildman–Crippen LogP) is 4.06. The van der Waals surface area contributed by atoms with Gasteiger partial charge in [0.25, 0.3) is 0 Å². The van der Waals surface area contributed by atoms with Crippen molar-refractivity contribution in [2.45, 2.75) is 6.92 Å². The van der Waals surface area contributed by atoms with Crippen LogP contribution in [0.3, 0.4) is 0 Å². The van der Waals surface area contributed by atoms with Crippen molar-refractivity contribution in [1.29, 1.82) is 0 Å². The first-order valence-corrected chi connectivity index (χ1v) is 6.68. The van der Waals surface area contributed by atoms with E-state index < -0.39 is 0 Å². The monoisotopic (exact) mass is 285 g/mol. The second-order valence-corrected chi connectivity index (χ2v) is 5.11. The van der Waals surface area contributed by atoms with Gasteiger partial charge < -0.3 is 10.4 Å². The Hall–Kier alpha value is -2.26. The quantitative estimate of drug-likeness (QED) is 0.746. The molecule has 0 unspecified atom stereocenters. The van der Waals surface area contributed by atoms with Gasteiger partial charge in [0.15, 0.2) is 5.69 Å². The third kappa shape index (κ3) is 2.40. The van der Waals surface area contributed by atoms with Crippen molar-refractivity contribution in [3.8, 4) is 5.75 Å². The summed E-state index contributed by atoms with van der Waals surface area (Å²) in [6, 6.07) is 14.8. The number of rotatable bonds is 2. The Morgan fingerprint density at radius 2 is 1.90 bits per heavy atom. The molecule has 0 bridgehead atoms. The summed E-state index contributed by atoms with van der Waals surface area (Å²) >= 11 is 6.23. The van der Waals surface area contributed by atoms with Gasteiger partial charge in [0.2, 0.25) is 5.52 Å². The Balaban J connectivity index is 2.14. The van der Waals surface area contributed by atoms with Gasteiger partial charge in [0.1, 0.15) is 10.8 Å². The summed E-state index contributed by atoms with van der Waals surface area (Å²) < 4.78 is 0. The Morgan fingerprint density at radius 1 is 1.10 bits per heavy atom.